The molecule has 3 aromatic rings. The average molecular weight is 435 g/mol. The quantitative estimate of drug-likeness (QED) is 0.486. The van der Waals surface area contributed by atoms with Gasteiger partial charge in [0.25, 0.3) is 5.76 Å². The highest BCUT2D eigenvalue weighted by molar-refractivity contribution is 8.00. The fourth-order valence-corrected chi connectivity index (χ4v) is 4.03. The predicted octanol–water partition coefficient (Wildman–Crippen LogP) is 5.32. The molecule has 0 saturated heterocycles. The summed E-state index contributed by atoms with van der Waals surface area (Å²) >= 11 is 1.78. The summed E-state index contributed by atoms with van der Waals surface area (Å²) in [5.41, 5.74) is 2.68. The van der Waals surface area contributed by atoms with E-state index in [2.05, 4.69) is 15.5 Å². The van der Waals surface area contributed by atoms with Crippen molar-refractivity contribution in [1.29, 1.82) is 0 Å². The monoisotopic (exact) mass is 434 g/mol. The topological polar surface area (TPSA) is 59.8 Å². The van der Waals surface area contributed by atoms with Crippen LogP contribution in [-0.2, 0) is 11.3 Å². The van der Waals surface area contributed by atoms with E-state index in [-0.39, 0.29) is 11.7 Å². The molecule has 3 rings (SSSR count). The zero-order valence-corrected chi connectivity index (χ0v) is 17.6. The Morgan fingerprint density at radius 2 is 1.93 bits per heavy atom. The van der Waals surface area contributed by atoms with Gasteiger partial charge in [0.05, 0.1) is 5.75 Å². The first-order valence-corrected chi connectivity index (χ1v) is 10.8. The number of nitrogens with one attached hydrogen (secondary N) is 1. The van der Waals surface area contributed by atoms with E-state index in [0.717, 1.165) is 17.0 Å². The van der Waals surface area contributed by atoms with Crippen LogP contribution in [0.3, 0.4) is 0 Å². The number of thioether (sulfide) groups is 2. The largest absolute Gasteiger partial charge is 0.325 e. The molecule has 0 bridgehead atoms. The molecule has 5 nitrogen and oxygen atoms in total. The summed E-state index contributed by atoms with van der Waals surface area (Å²) in [6.07, 6.45) is 0. The number of nitrogens with zero attached hydrogens (tertiary/aromatic N) is 3. The maximum Gasteiger partial charge on any atom is 0.288 e. The van der Waals surface area contributed by atoms with Gasteiger partial charge < -0.3 is 9.88 Å². The number of hydrogen-bond donors (Lipinski definition) is 1. The van der Waals surface area contributed by atoms with Crippen molar-refractivity contribution in [3.63, 3.8) is 0 Å². The number of carbonyl (C=O) groups excluding carboxylic acids is 1. The molecule has 1 N–H and O–H groups in total. The first kappa shape index (κ1) is 21.3. The number of halogens is 2. The van der Waals surface area contributed by atoms with Crippen LogP contribution >= 0.6 is 23.5 Å². The molecule has 29 heavy (non-hydrogen) atoms. The number of anilines is 1. The number of alkyl halides is 2. The van der Waals surface area contributed by atoms with Crippen LogP contribution < -0.4 is 5.32 Å². The summed E-state index contributed by atoms with van der Waals surface area (Å²) in [6, 6.07) is 14.4. The van der Waals surface area contributed by atoms with Crippen molar-refractivity contribution < 1.29 is 13.6 Å². The second-order valence-electron chi connectivity index (χ2n) is 6.16. The Morgan fingerprint density at radius 3 is 2.59 bits per heavy atom. The van der Waals surface area contributed by atoms with Gasteiger partial charge in [-0.2, -0.15) is 8.78 Å². The number of benzene rings is 2. The van der Waals surface area contributed by atoms with Crippen LogP contribution in [0.4, 0.5) is 14.5 Å². The molecular weight excluding hydrogens is 414 g/mol. The minimum Gasteiger partial charge on any atom is -0.325 e. The highest BCUT2D eigenvalue weighted by atomic mass is 32.2. The smallest absolute Gasteiger partial charge is 0.288 e. The normalized spacial score (nSPS) is 11.1. The van der Waals surface area contributed by atoms with E-state index in [4.69, 9.17) is 0 Å². The van der Waals surface area contributed by atoms with E-state index in [1.807, 2.05) is 42.7 Å². The van der Waals surface area contributed by atoms with Crippen molar-refractivity contribution in [3.8, 4) is 11.4 Å². The lowest BCUT2D eigenvalue weighted by Gasteiger charge is -2.08. The summed E-state index contributed by atoms with van der Waals surface area (Å²) in [4.78, 5) is 12.7. The molecule has 0 aliphatic rings. The zero-order valence-electron chi connectivity index (χ0n) is 15.9. The van der Waals surface area contributed by atoms with Crippen molar-refractivity contribution in [1.82, 2.24) is 14.8 Å². The van der Waals surface area contributed by atoms with Gasteiger partial charge in [-0.1, -0.05) is 47.3 Å². The Kier molecular flexibility index (Phi) is 7.27. The van der Waals surface area contributed by atoms with Gasteiger partial charge >= 0.3 is 0 Å². The van der Waals surface area contributed by atoms with Crippen LogP contribution in [0.2, 0.25) is 0 Å². The van der Waals surface area contributed by atoms with Crippen LogP contribution in [0, 0.1) is 6.92 Å². The molecule has 1 amide bonds. The molecule has 0 fully saturated rings. The van der Waals surface area contributed by atoms with Crippen LogP contribution in [-0.4, -0.2) is 32.2 Å². The standard InChI is InChI=1S/C20H20F2N4OS2/c1-3-26-18(14-6-4-5-13(2)11-14)24-25-20(26)28-12-17(27)23-15-7-9-16(10-8-15)29-19(21)22/h4-11,19H,3,12H2,1-2H3,(H,23,27). The third-order valence-corrected chi connectivity index (χ3v) is 5.69. The molecule has 0 atom stereocenters. The van der Waals surface area contributed by atoms with Gasteiger partial charge in [-0.25, -0.2) is 0 Å². The van der Waals surface area contributed by atoms with Crippen LogP contribution in [0.5, 0.6) is 0 Å². The first-order valence-electron chi connectivity index (χ1n) is 8.94. The van der Waals surface area contributed by atoms with E-state index in [9.17, 15) is 13.6 Å². The molecule has 0 aliphatic carbocycles. The predicted molar refractivity (Wildman–Crippen MR) is 114 cm³/mol. The second-order valence-corrected chi connectivity index (χ2v) is 8.17. The Balaban J connectivity index is 1.62. The SMILES string of the molecule is CCn1c(SCC(=O)Nc2ccc(SC(F)F)cc2)nnc1-c1cccc(C)c1. The zero-order chi connectivity index (χ0) is 20.8. The molecular formula is C20H20F2N4OS2. The summed E-state index contributed by atoms with van der Waals surface area (Å²) in [6.45, 7) is 4.71. The Labute approximate surface area is 176 Å². The van der Waals surface area contributed by atoms with E-state index in [0.29, 0.717) is 34.0 Å². The van der Waals surface area contributed by atoms with Crippen molar-refractivity contribution in [2.24, 2.45) is 0 Å². The summed E-state index contributed by atoms with van der Waals surface area (Å²) in [5.74, 6) is -1.73. The fourth-order valence-electron chi connectivity index (χ4n) is 2.73. The Morgan fingerprint density at radius 1 is 1.17 bits per heavy atom. The highest BCUT2D eigenvalue weighted by Crippen LogP contribution is 2.27. The van der Waals surface area contributed by atoms with Crippen LogP contribution in [0.1, 0.15) is 12.5 Å². The van der Waals surface area contributed by atoms with Crippen molar-refractivity contribution in [2.45, 2.75) is 36.2 Å². The molecule has 0 spiro atoms. The Bertz CT molecular complexity index is 977. The summed E-state index contributed by atoms with van der Waals surface area (Å²) in [7, 11) is 0. The number of aryl methyl sites for hydroxylation is 1. The average Bonchev–Trinajstić information content (AvgIpc) is 3.10. The van der Waals surface area contributed by atoms with Gasteiger partial charge in [0.2, 0.25) is 5.91 Å². The number of carbonyl (C=O) groups is 1. The van der Waals surface area contributed by atoms with Gasteiger partial charge in [-0.15, -0.1) is 10.2 Å². The highest BCUT2D eigenvalue weighted by Gasteiger charge is 2.15. The molecule has 1 aromatic heterocycles. The third-order valence-electron chi connectivity index (χ3n) is 4.00. The van der Waals surface area contributed by atoms with Gasteiger partial charge in [0, 0.05) is 22.7 Å². The van der Waals surface area contributed by atoms with Gasteiger partial charge in [-0.3, -0.25) is 4.79 Å². The van der Waals surface area contributed by atoms with Crippen LogP contribution in [0.25, 0.3) is 11.4 Å². The molecule has 0 aliphatic heterocycles. The number of rotatable bonds is 8. The summed E-state index contributed by atoms with van der Waals surface area (Å²) < 4.78 is 26.7. The lowest BCUT2D eigenvalue weighted by atomic mass is 10.1. The van der Waals surface area contributed by atoms with Crippen LogP contribution in [0.15, 0.2) is 58.6 Å². The van der Waals surface area contributed by atoms with E-state index >= 15 is 0 Å². The number of aromatic nitrogens is 3. The van der Waals surface area contributed by atoms with Crippen molar-refractivity contribution in [2.75, 3.05) is 11.1 Å². The lowest BCUT2D eigenvalue weighted by molar-refractivity contribution is -0.113. The van der Waals surface area contributed by atoms with Gasteiger partial charge in [-0.05, 0) is 44.2 Å². The fraction of sp³-hybridized carbons (Fsp3) is 0.250. The van der Waals surface area contributed by atoms with E-state index in [1.165, 1.54) is 11.8 Å². The summed E-state index contributed by atoms with van der Waals surface area (Å²) in [5, 5.41) is 12.0. The van der Waals surface area contributed by atoms with Gasteiger partial charge in [0.1, 0.15) is 0 Å². The van der Waals surface area contributed by atoms with Gasteiger partial charge in [0.15, 0.2) is 11.0 Å². The van der Waals surface area contributed by atoms with Crippen molar-refractivity contribution in [3.05, 3.63) is 54.1 Å². The Hall–Kier alpha value is -2.39. The molecule has 0 saturated carbocycles. The molecule has 1 heterocycles. The molecule has 9 heteroatoms. The van der Waals surface area contributed by atoms with E-state index in [1.54, 1.807) is 24.3 Å². The molecule has 0 unspecified atom stereocenters. The number of hydrogen-bond acceptors (Lipinski definition) is 5. The maximum absolute atomic E-state index is 12.4. The first-order chi connectivity index (χ1) is 14.0. The number of amides is 1. The second kappa shape index (κ2) is 9.89. The molecule has 0 radical (unpaired) electrons. The van der Waals surface area contributed by atoms with E-state index < -0.39 is 5.76 Å². The minimum absolute atomic E-state index is 0.166. The maximum atomic E-state index is 12.4. The lowest BCUT2D eigenvalue weighted by Crippen LogP contribution is -2.14. The molecule has 2 aromatic carbocycles. The molecule has 152 valence electrons. The van der Waals surface area contributed by atoms with Crippen molar-refractivity contribution >= 4 is 35.1 Å². The third kappa shape index (κ3) is 5.80. The minimum atomic E-state index is -2.47.